The maximum atomic E-state index is 12.7. The summed E-state index contributed by atoms with van der Waals surface area (Å²) in [6.45, 7) is 3.50. The zero-order valence-electron chi connectivity index (χ0n) is 11.3. The lowest BCUT2D eigenvalue weighted by molar-refractivity contribution is -0.186. The second-order valence-corrected chi connectivity index (χ2v) is 5.64. The minimum Gasteiger partial charge on any atom is -0.394 e. The van der Waals surface area contributed by atoms with Gasteiger partial charge >= 0.3 is 6.18 Å². The Morgan fingerprint density at radius 1 is 1.37 bits per heavy atom. The zero-order valence-corrected chi connectivity index (χ0v) is 11.3. The van der Waals surface area contributed by atoms with Crippen molar-refractivity contribution in [2.45, 2.75) is 51.7 Å². The molecule has 0 aromatic carbocycles. The number of hydrogen-bond acceptors (Lipinski definition) is 2. The molecule has 0 aliphatic heterocycles. The van der Waals surface area contributed by atoms with Crippen molar-refractivity contribution in [2.24, 2.45) is 17.8 Å². The highest BCUT2D eigenvalue weighted by atomic mass is 19.4. The van der Waals surface area contributed by atoms with E-state index >= 15 is 0 Å². The molecule has 0 spiro atoms. The van der Waals surface area contributed by atoms with Gasteiger partial charge in [-0.25, -0.2) is 0 Å². The number of hydrogen-bond donors (Lipinski definition) is 2. The predicted molar refractivity (Wildman–Crippen MR) is 65.4 cm³/mol. The number of aliphatic hydroxyl groups excluding tert-OH is 1. The maximum Gasteiger partial charge on any atom is 0.391 e. The summed E-state index contributed by atoms with van der Waals surface area (Å²) in [6.07, 6.45) is -3.32. The van der Waals surface area contributed by atoms with E-state index in [1.807, 2.05) is 13.8 Å². The molecule has 2 N–H and O–H groups in total. The van der Waals surface area contributed by atoms with Gasteiger partial charge in [0, 0.05) is 5.92 Å². The van der Waals surface area contributed by atoms with Crippen molar-refractivity contribution in [3.63, 3.8) is 0 Å². The zero-order chi connectivity index (χ0) is 14.6. The minimum atomic E-state index is -4.21. The molecular weight excluding hydrogens is 259 g/mol. The van der Waals surface area contributed by atoms with Crippen LogP contribution in [0.1, 0.15) is 39.5 Å². The van der Waals surface area contributed by atoms with Gasteiger partial charge in [-0.1, -0.05) is 20.3 Å². The molecule has 3 atom stereocenters. The largest absolute Gasteiger partial charge is 0.394 e. The summed E-state index contributed by atoms with van der Waals surface area (Å²) in [5, 5.41) is 11.8. The monoisotopic (exact) mass is 281 g/mol. The second-order valence-electron chi connectivity index (χ2n) is 5.64. The van der Waals surface area contributed by atoms with Gasteiger partial charge in [0.05, 0.1) is 18.6 Å². The number of carbonyl (C=O) groups is 1. The fraction of sp³-hybridized carbons (Fsp3) is 0.923. The Morgan fingerprint density at radius 3 is 2.47 bits per heavy atom. The van der Waals surface area contributed by atoms with Crippen molar-refractivity contribution in [1.82, 2.24) is 5.32 Å². The smallest absolute Gasteiger partial charge is 0.391 e. The molecule has 0 aromatic heterocycles. The molecule has 2 unspecified atom stereocenters. The van der Waals surface area contributed by atoms with Crippen LogP contribution in [0.3, 0.4) is 0 Å². The number of nitrogens with one attached hydrogen (secondary N) is 1. The van der Waals surface area contributed by atoms with Crippen LogP contribution >= 0.6 is 0 Å². The normalized spacial score (nSPS) is 26.3. The molecule has 0 radical (unpaired) electrons. The van der Waals surface area contributed by atoms with Crippen molar-refractivity contribution < 1.29 is 23.1 Å². The van der Waals surface area contributed by atoms with E-state index in [9.17, 15) is 18.0 Å². The molecular formula is C13H22F3NO2. The Hall–Kier alpha value is -0.780. The van der Waals surface area contributed by atoms with Crippen LogP contribution in [-0.2, 0) is 4.79 Å². The molecule has 1 amide bonds. The van der Waals surface area contributed by atoms with Crippen molar-refractivity contribution >= 4 is 5.91 Å². The Bertz CT molecular complexity index is 305. The van der Waals surface area contributed by atoms with E-state index in [0.717, 1.165) is 0 Å². The van der Waals surface area contributed by atoms with E-state index in [1.165, 1.54) is 0 Å². The first-order valence-corrected chi connectivity index (χ1v) is 6.73. The Labute approximate surface area is 111 Å². The summed E-state index contributed by atoms with van der Waals surface area (Å²) in [5.74, 6) is -2.27. The van der Waals surface area contributed by atoms with Crippen LogP contribution in [0.5, 0.6) is 0 Å². The summed E-state index contributed by atoms with van der Waals surface area (Å²) in [5.41, 5.74) is 0. The molecule has 0 aromatic rings. The van der Waals surface area contributed by atoms with Crippen LogP contribution in [0.25, 0.3) is 0 Å². The number of carbonyl (C=O) groups excluding carboxylic acids is 1. The minimum absolute atomic E-state index is 0.0518. The summed E-state index contributed by atoms with van der Waals surface area (Å²) in [7, 11) is 0. The van der Waals surface area contributed by atoms with Gasteiger partial charge in [0.15, 0.2) is 0 Å². The summed E-state index contributed by atoms with van der Waals surface area (Å²) in [4.78, 5) is 12.0. The Morgan fingerprint density at radius 2 is 2.00 bits per heavy atom. The molecule has 3 nitrogen and oxygen atoms in total. The van der Waals surface area contributed by atoms with Crippen molar-refractivity contribution in [3.8, 4) is 0 Å². The van der Waals surface area contributed by atoms with Gasteiger partial charge in [-0.3, -0.25) is 4.79 Å². The molecule has 1 saturated carbocycles. The number of alkyl halides is 3. The first-order valence-electron chi connectivity index (χ1n) is 6.73. The SMILES string of the molecule is CC(C)[C@@H](CO)NC(=O)C1CCCC(C(F)(F)F)C1. The van der Waals surface area contributed by atoms with E-state index in [4.69, 9.17) is 5.11 Å². The molecule has 1 aliphatic rings. The van der Waals surface area contributed by atoms with E-state index in [0.29, 0.717) is 12.8 Å². The highest BCUT2D eigenvalue weighted by Crippen LogP contribution is 2.39. The molecule has 0 bridgehead atoms. The number of amides is 1. The van der Waals surface area contributed by atoms with E-state index < -0.39 is 24.1 Å². The number of aliphatic hydroxyl groups is 1. The highest BCUT2D eigenvalue weighted by Gasteiger charge is 2.43. The lowest BCUT2D eigenvalue weighted by Gasteiger charge is -2.31. The Balaban J connectivity index is 2.57. The van der Waals surface area contributed by atoms with Gasteiger partial charge in [0.2, 0.25) is 5.91 Å². The van der Waals surface area contributed by atoms with Crippen molar-refractivity contribution in [3.05, 3.63) is 0 Å². The van der Waals surface area contributed by atoms with Gasteiger partial charge in [-0.05, 0) is 25.2 Å². The van der Waals surface area contributed by atoms with E-state index in [-0.39, 0.29) is 31.3 Å². The van der Waals surface area contributed by atoms with Crippen LogP contribution in [0.4, 0.5) is 13.2 Å². The molecule has 1 aliphatic carbocycles. The van der Waals surface area contributed by atoms with Gasteiger partial charge in [-0.15, -0.1) is 0 Å². The van der Waals surface area contributed by atoms with Gasteiger partial charge in [-0.2, -0.15) is 13.2 Å². The Kier molecular flexibility index (Phi) is 5.64. The predicted octanol–water partition coefficient (Wildman–Crippen LogP) is 2.49. The van der Waals surface area contributed by atoms with Crippen LogP contribution in [0.2, 0.25) is 0 Å². The molecule has 112 valence electrons. The van der Waals surface area contributed by atoms with Crippen LogP contribution in [0.15, 0.2) is 0 Å². The van der Waals surface area contributed by atoms with Crippen molar-refractivity contribution in [1.29, 1.82) is 0 Å². The fourth-order valence-corrected chi connectivity index (χ4v) is 2.45. The fourth-order valence-electron chi connectivity index (χ4n) is 2.45. The van der Waals surface area contributed by atoms with E-state index in [1.54, 1.807) is 0 Å². The topological polar surface area (TPSA) is 49.3 Å². The van der Waals surface area contributed by atoms with Crippen LogP contribution in [-0.4, -0.2) is 29.8 Å². The summed E-state index contributed by atoms with van der Waals surface area (Å²) < 4.78 is 38.0. The number of rotatable bonds is 4. The average Bonchev–Trinajstić information content (AvgIpc) is 2.34. The molecule has 1 fully saturated rings. The third kappa shape index (κ3) is 4.67. The quantitative estimate of drug-likeness (QED) is 0.831. The molecule has 0 heterocycles. The number of halogens is 3. The van der Waals surface area contributed by atoms with Gasteiger partial charge < -0.3 is 10.4 Å². The molecule has 1 rings (SSSR count). The third-order valence-electron chi connectivity index (χ3n) is 3.84. The first-order chi connectivity index (χ1) is 8.75. The molecule has 6 heteroatoms. The standard InChI is InChI=1S/C13H22F3NO2/c1-8(2)11(7-18)17-12(19)9-4-3-5-10(6-9)13(14,15)16/h8-11,18H,3-7H2,1-2H3,(H,17,19)/t9?,10?,11-/m1/s1. The van der Waals surface area contributed by atoms with Crippen LogP contribution in [0, 0.1) is 17.8 Å². The lowest BCUT2D eigenvalue weighted by Crippen LogP contribution is -2.45. The third-order valence-corrected chi connectivity index (χ3v) is 3.84. The van der Waals surface area contributed by atoms with Gasteiger partial charge in [0.1, 0.15) is 0 Å². The second kappa shape index (κ2) is 6.59. The highest BCUT2D eigenvalue weighted by molar-refractivity contribution is 5.79. The maximum absolute atomic E-state index is 12.7. The van der Waals surface area contributed by atoms with Gasteiger partial charge in [0.25, 0.3) is 0 Å². The first kappa shape index (κ1) is 16.3. The van der Waals surface area contributed by atoms with Crippen molar-refractivity contribution in [2.75, 3.05) is 6.61 Å². The van der Waals surface area contributed by atoms with E-state index in [2.05, 4.69) is 5.32 Å². The summed E-state index contributed by atoms with van der Waals surface area (Å²) in [6, 6.07) is -0.390. The summed E-state index contributed by atoms with van der Waals surface area (Å²) >= 11 is 0. The average molecular weight is 281 g/mol. The molecule has 0 saturated heterocycles. The molecule has 19 heavy (non-hydrogen) atoms. The van der Waals surface area contributed by atoms with Crippen LogP contribution < -0.4 is 5.32 Å². The lowest BCUT2D eigenvalue weighted by atomic mass is 9.80.